The van der Waals surface area contributed by atoms with E-state index in [-0.39, 0.29) is 21.6 Å². The number of hydrogen-bond donors (Lipinski definition) is 3. The molecule has 4 aromatic carbocycles. The molecule has 0 atom stereocenters. The average Bonchev–Trinajstić information content (AvgIpc) is 3.13. The van der Waals surface area contributed by atoms with E-state index in [4.69, 9.17) is 29.0 Å². The van der Waals surface area contributed by atoms with Crippen molar-refractivity contribution >= 4 is 72.7 Å². The summed E-state index contributed by atoms with van der Waals surface area (Å²) in [6, 6.07) is 23.4. The molecule has 5 rings (SSSR count). The van der Waals surface area contributed by atoms with Gasteiger partial charge in [-0.3, -0.25) is 10.2 Å². The highest BCUT2D eigenvalue weighted by molar-refractivity contribution is 7.89. The third-order valence-electron chi connectivity index (χ3n) is 6.16. The van der Waals surface area contributed by atoms with Crippen molar-refractivity contribution in [1.29, 1.82) is 0 Å². The number of rotatable bonds is 5. The Bertz CT molecular complexity index is 1730. The van der Waals surface area contributed by atoms with Crippen molar-refractivity contribution < 1.29 is 13.2 Å². The molecule has 1 aliphatic heterocycles. The summed E-state index contributed by atoms with van der Waals surface area (Å²) in [7, 11) is -3.80. The van der Waals surface area contributed by atoms with Gasteiger partial charge in [0.25, 0.3) is 5.91 Å². The molecule has 0 bridgehead atoms. The first-order valence-corrected chi connectivity index (χ1v) is 13.8. The minimum atomic E-state index is -3.80. The summed E-state index contributed by atoms with van der Waals surface area (Å²) in [4.78, 5) is 15.3. The molecule has 0 aromatic heterocycles. The van der Waals surface area contributed by atoms with Crippen molar-refractivity contribution in [2.45, 2.75) is 18.4 Å². The standard InChI is InChI=1S/C27H22ClN5O3S2/c1-16-13-19(28)14-23-24(31-32-27(37)30-20-9-11-21(12-10-20)38(29,35)36)26(34)33(25(16)23)15-18-7-4-6-17-5-2-3-8-22(17)18/h2-14H,15H2,1H3,(H2,29,35,36)(H2,30,32,37). The molecular weight excluding hydrogens is 542 g/mol. The molecule has 0 aliphatic carbocycles. The predicted octanol–water partition coefficient (Wildman–Crippen LogP) is 4.69. The van der Waals surface area contributed by atoms with Gasteiger partial charge in [0, 0.05) is 16.3 Å². The Balaban J connectivity index is 1.42. The molecule has 0 unspecified atom stereocenters. The highest BCUT2D eigenvalue weighted by Gasteiger charge is 2.36. The lowest BCUT2D eigenvalue weighted by molar-refractivity contribution is -0.112. The fourth-order valence-electron chi connectivity index (χ4n) is 4.47. The van der Waals surface area contributed by atoms with Crippen molar-refractivity contribution in [2.24, 2.45) is 10.2 Å². The minimum Gasteiger partial charge on any atom is -0.331 e. The second-order valence-corrected chi connectivity index (χ2v) is 11.2. The number of amides is 1. The SMILES string of the molecule is Cc1cc(Cl)cc2c1N(Cc1cccc3ccccc13)C(=O)C2=NNC(=S)Nc1ccc(S(N)(=O)=O)cc1. The van der Waals surface area contributed by atoms with Crippen LogP contribution in [0.15, 0.2) is 88.9 Å². The Morgan fingerprint density at radius 2 is 1.76 bits per heavy atom. The second-order valence-electron chi connectivity index (χ2n) is 8.74. The summed E-state index contributed by atoms with van der Waals surface area (Å²) in [6.07, 6.45) is 0. The van der Waals surface area contributed by atoms with E-state index in [1.54, 1.807) is 11.0 Å². The number of fused-ring (bicyclic) bond motifs is 2. The summed E-state index contributed by atoms with van der Waals surface area (Å²) >= 11 is 11.7. The largest absolute Gasteiger partial charge is 0.331 e. The van der Waals surface area contributed by atoms with Crippen LogP contribution in [0.4, 0.5) is 11.4 Å². The molecule has 0 saturated carbocycles. The number of sulfonamides is 1. The Hall–Kier alpha value is -3.83. The van der Waals surface area contributed by atoms with E-state index in [9.17, 15) is 13.2 Å². The van der Waals surface area contributed by atoms with Crippen LogP contribution in [-0.2, 0) is 21.4 Å². The number of nitrogens with one attached hydrogen (secondary N) is 2. The van der Waals surface area contributed by atoms with Crippen LogP contribution in [0.3, 0.4) is 0 Å². The van der Waals surface area contributed by atoms with E-state index in [0.717, 1.165) is 27.6 Å². The molecular formula is C27H22ClN5O3S2. The molecule has 1 heterocycles. The first kappa shape index (κ1) is 25.8. The zero-order chi connectivity index (χ0) is 27.0. The van der Waals surface area contributed by atoms with E-state index in [1.165, 1.54) is 24.3 Å². The van der Waals surface area contributed by atoms with Gasteiger partial charge in [-0.2, -0.15) is 5.10 Å². The number of hydrogen-bond acceptors (Lipinski definition) is 5. The number of nitrogens with zero attached hydrogens (tertiary/aromatic N) is 2. The lowest BCUT2D eigenvalue weighted by Gasteiger charge is -2.20. The molecule has 1 aliphatic rings. The highest BCUT2D eigenvalue weighted by atomic mass is 35.5. The van der Waals surface area contributed by atoms with Gasteiger partial charge >= 0.3 is 0 Å². The number of nitrogens with two attached hydrogens (primary N) is 1. The van der Waals surface area contributed by atoms with E-state index in [0.29, 0.717) is 22.8 Å². The molecule has 1 amide bonds. The lowest BCUT2D eigenvalue weighted by Crippen LogP contribution is -2.32. The molecule has 0 spiro atoms. The van der Waals surface area contributed by atoms with Gasteiger partial charge in [0.15, 0.2) is 10.8 Å². The van der Waals surface area contributed by atoms with Crippen LogP contribution in [0.5, 0.6) is 0 Å². The van der Waals surface area contributed by atoms with Gasteiger partial charge in [-0.25, -0.2) is 13.6 Å². The van der Waals surface area contributed by atoms with Crippen LogP contribution in [0.1, 0.15) is 16.7 Å². The summed E-state index contributed by atoms with van der Waals surface area (Å²) in [6.45, 7) is 2.26. The quantitative estimate of drug-likeness (QED) is 0.240. The van der Waals surface area contributed by atoms with Crippen molar-refractivity contribution in [2.75, 3.05) is 10.2 Å². The Morgan fingerprint density at radius 3 is 2.50 bits per heavy atom. The van der Waals surface area contributed by atoms with Crippen LogP contribution < -0.4 is 20.8 Å². The van der Waals surface area contributed by atoms with Crippen LogP contribution >= 0.6 is 23.8 Å². The van der Waals surface area contributed by atoms with Crippen molar-refractivity contribution in [3.05, 3.63) is 101 Å². The third-order valence-corrected chi connectivity index (χ3v) is 7.50. The fourth-order valence-corrected chi connectivity index (χ4v) is 5.42. The minimum absolute atomic E-state index is 0.0196. The Labute approximate surface area is 230 Å². The maximum Gasteiger partial charge on any atom is 0.279 e. The van der Waals surface area contributed by atoms with Crippen molar-refractivity contribution in [1.82, 2.24) is 5.43 Å². The van der Waals surface area contributed by atoms with Gasteiger partial charge in [0.1, 0.15) is 0 Å². The Morgan fingerprint density at radius 1 is 1.05 bits per heavy atom. The van der Waals surface area contributed by atoms with Crippen molar-refractivity contribution in [3.63, 3.8) is 0 Å². The average molecular weight is 564 g/mol. The number of aryl methyl sites for hydroxylation is 1. The molecule has 4 aromatic rings. The van der Waals surface area contributed by atoms with E-state index >= 15 is 0 Å². The third kappa shape index (κ3) is 5.11. The fraction of sp³-hybridized carbons (Fsp3) is 0.0741. The van der Waals surface area contributed by atoms with Crippen LogP contribution in [0, 0.1) is 6.92 Å². The molecule has 38 heavy (non-hydrogen) atoms. The topological polar surface area (TPSA) is 117 Å². The van der Waals surface area contributed by atoms with E-state index < -0.39 is 10.0 Å². The van der Waals surface area contributed by atoms with E-state index in [2.05, 4.69) is 15.8 Å². The number of carbonyl (C=O) groups excluding carboxylic acids is 1. The number of hydrazone groups is 1. The number of primary sulfonamides is 1. The lowest BCUT2D eigenvalue weighted by atomic mass is 10.0. The van der Waals surface area contributed by atoms with Crippen LogP contribution in [0.25, 0.3) is 10.8 Å². The first-order valence-electron chi connectivity index (χ1n) is 11.5. The summed E-state index contributed by atoms with van der Waals surface area (Å²) in [5.41, 5.74) is 6.62. The maximum absolute atomic E-state index is 13.6. The van der Waals surface area contributed by atoms with Gasteiger partial charge in [0.05, 0.1) is 17.1 Å². The molecule has 11 heteroatoms. The summed E-state index contributed by atoms with van der Waals surface area (Å²) in [5, 5.41) is 15.1. The molecule has 0 saturated heterocycles. The Kier molecular flexibility index (Phi) is 6.89. The smallest absolute Gasteiger partial charge is 0.279 e. The predicted molar refractivity (Wildman–Crippen MR) is 155 cm³/mol. The van der Waals surface area contributed by atoms with Gasteiger partial charge in [0.2, 0.25) is 10.0 Å². The first-order chi connectivity index (χ1) is 18.1. The molecule has 0 fully saturated rings. The van der Waals surface area contributed by atoms with E-state index in [1.807, 2.05) is 55.5 Å². The van der Waals surface area contributed by atoms with Crippen LogP contribution in [-0.4, -0.2) is 25.1 Å². The van der Waals surface area contributed by atoms with Gasteiger partial charge in [-0.05, 0) is 77.4 Å². The molecule has 8 nitrogen and oxygen atoms in total. The monoisotopic (exact) mass is 563 g/mol. The zero-order valence-corrected chi connectivity index (χ0v) is 22.5. The normalized spacial score (nSPS) is 14.1. The van der Waals surface area contributed by atoms with Gasteiger partial charge < -0.3 is 10.2 Å². The number of benzene rings is 4. The molecule has 4 N–H and O–H groups in total. The number of anilines is 2. The van der Waals surface area contributed by atoms with Gasteiger partial charge in [-0.15, -0.1) is 0 Å². The maximum atomic E-state index is 13.6. The van der Waals surface area contributed by atoms with Gasteiger partial charge in [-0.1, -0.05) is 54.1 Å². The van der Waals surface area contributed by atoms with Crippen molar-refractivity contribution in [3.8, 4) is 0 Å². The number of halogens is 1. The summed E-state index contributed by atoms with van der Waals surface area (Å²) in [5.74, 6) is -0.286. The zero-order valence-electron chi connectivity index (χ0n) is 20.1. The second kappa shape index (κ2) is 10.1. The number of thiocarbonyl (C=S) groups is 1. The molecule has 0 radical (unpaired) electrons. The number of carbonyl (C=O) groups is 1. The highest BCUT2D eigenvalue weighted by Crippen LogP contribution is 2.37. The van der Waals surface area contributed by atoms with Crippen LogP contribution in [0.2, 0.25) is 5.02 Å². The molecule has 192 valence electrons. The summed E-state index contributed by atoms with van der Waals surface area (Å²) < 4.78 is 22.9.